The highest BCUT2D eigenvalue weighted by molar-refractivity contribution is 8.13. The quantitative estimate of drug-likeness (QED) is 0.833. The fraction of sp³-hybridized carbons (Fsp3) is 0.364. The number of primary amides is 1. The van der Waals surface area contributed by atoms with E-state index in [0.29, 0.717) is 16.9 Å². The third-order valence-corrected chi connectivity index (χ3v) is 3.89. The molecule has 0 atom stereocenters. The van der Waals surface area contributed by atoms with E-state index in [1.54, 1.807) is 26.0 Å². The number of hydrogen-bond acceptors (Lipinski definition) is 4. The zero-order valence-electron chi connectivity index (χ0n) is 10.1. The summed E-state index contributed by atoms with van der Waals surface area (Å²) in [6, 6.07) is 3.12. The van der Waals surface area contributed by atoms with Crippen molar-refractivity contribution in [3.63, 3.8) is 0 Å². The van der Waals surface area contributed by atoms with Gasteiger partial charge in [0, 0.05) is 10.7 Å². The Morgan fingerprint density at radius 3 is 2.22 bits per heavy atom. The second kappa shape index (κ2) is 5.58. The van der Waals surface area contributed by atoms with Crippen molar-refractivity contribution in [2.75, 3.05) is 6.61 Å². The first-order valence-electron chi connectivity index (χ1n) is 5.19. The number of ether oxygens (including phenoxy) is 1. The molecule has 7 heteroatoms. The van der Waals surface area contributed by atoms with Gasteiger partial charge in [0.2, 0.25) is 5.91 Å². The Kier molecular flexibility index (Phi) is 4.59. The highest BCUT2D eigenvalue weighted by atomic mass is 35.7. The molecule has 1 aromatic rings. The maximum atomic E-state index is 11.4. The zero-order valence-corrected chi connectivity index (χ0v) is 11.6. The van der Waals surface area contributed by atoms with Crippen molar-refractivity contribution in [3.05, 3.63) is 23.3 Å². The smallest absolute Gasteiger partial charge is 0.261 e. The first-order chi connectivity index (χ1) is 8.21. The van der Waals surface area contributed by atoms with Crippen LogP contribution in [0, 0.1) is 13.8 Å². The summed E-state index contributed by atoms with van der Waals surface area (Å²) in [4.78, 5) is 10.6. The molecular weight excluding hydrogens is 278 g/mol. The van der Waals surface area contributed by atoms with Crippen molar-refractivity contribution in [3.8, 4) is 5.75 Å². The van der Waals surface area contributed by atoms with Gasteiger partial charge in [0.05, 0.1) is 17.9 Å². The lowest BCUT2D eigenvalue weighted by atomic mass is 10.1. The minimum atomic E-state index is -3.77. The van der Waals surface area contributed by atoms with E-state index in [1.807, 2.05) is 0 Å². The summed E-state index contributed by atoms with van der Waals surface area (Å²) in [5, 5.41) is 0. The number of rotatable bonds is 5. The normalized spacial score (nSPS) is 11.3. The van der Waals surface area contributed by atoms with Gasteiger partial charge in [0.15, 0.2) is 0 Å². The van der Waals surface area contributed by atoms with Crippen LogP contribution in [0.3, 0.4) is 0 Å². The average molecular weight is 292 g/mol. The van der Waals surface area contributed by atoms with E-state index in [-0.39, 0.29) is 17.9 Å². The van der Waals surface area contributed by atoms with Crippen molar-refractivity contribution < 1.29 is 17.9 Å². The SMILES string of the molecule is Cc1cc(OCCC(N)=O)cc(C)c1S(=O)(=O)Cl. The summed E-state index contributed by atoms with van der Waals surface area (Å²) in [5.74, 6) is 0.0266. The second-order valence-electron chi connectivity index (χ2n) is 3.89. The van der Waals surface area contributed by atoms with Crippen molar-refractivity contribution in [1.82, 2.24) is 0 Å². The predicted octanol–water partition coefficient (Wildman–Crippen LogP) is 1.49. The lowest BCUT2D eigenvalue weighted by molar-refractivity contribution is -0.118. The first-order valence-corrected chi connectivity index (χ1v) is 7.49. The maximum Gasteiger partial charge on any atom is 0.261 e. The molecule has 0 saturated carbocycles. The van der Waals surface area contributed by atoms with Gasteiger partial charge in [-0.05, 0) is 37.1 Å². The Balaban J connectivity index is 2.97. The summed E-state index contributed by atoms with van der Waals surface area (Å²) in [7, 11) is 1.57. The standard InChI is InChI=1S/C11H14ClNO4S/c1-7-5-9(17-4-3-10(13)14)6-8(2)11(7)18(12,15)16/h5-6H,3-4H2,1-2H3,(H2,13,14). The van der Waals surface area contributed by atoms with Gasteiger partial charge in [-0.1, -0.05) is 0 Å². The number of hydrogen-bond donors (Lipinski definition) is 1. The molecule has 2 N–H and O–H groups in total. The predicted molar refractivity (Wildman–Crippen MR) is 68.3 cm³/mol. The summed E-state index contributed by atoms with van der Waals surface area (Å²) < 4.78 is 28.0. The number of halogens is 1. The molecule has 1 rings (SSSR count). The zero-order chi connectivity index (χ0) is 13.9. The van der Waals surface area contributed by atoms with Crippen LogP contribution in [0.1, 0.15) is 17.5 Å². The number of carbonyl (C=O) groups excluding carboxylic acids is 1. The second-order valence-corrected chi connectivity index (χ2v) is 6.39. The Morgan fingerprint density at radius 2 is 1.83 bits per heavy atom. The fourth-order valence-corrected chi connectivity index (χ4v) is 3.27. The van der Waals surface area contributed by atoms with Crippen LogP contribution in [0.2, 0.25) is 0 Å². The van der Waals surface area contributed by atoms with Crippen molar-refractivity contribution in [2.24, 2.45) is 5.73 Å². The van der Waals surface area contributed by atoms with Gasteiger partial charge in [-0.2, -0.15) is 0 Å². The van der Waals surface area contributed by atoms with E-state index in [1.165, 1.54) is 0 Å². The van der Waals surface area contributed by atoms with Crippen LogP contribution in [-0.4, -0.2) is 20.9 Å². The van der Waals surface area contributed by atoms with E-state index in [9.17, 15) is 13.2 Å². The summed E-state index contributed by atoms with van der Waals surface area (Å²) in [6.45, 7) is 3.41. The van der Waals surface area contributed by atoms with Gasteiger partial charge in [0.25, 0.3) is 9.05 Å². The largest absolute Gasteiger partial charge is 0.493 e. The van der Waals surface area contributed by atoms with Gasteiger partial charge in [-0.25, -0.2) is 8.42 Å². The van der Waals surface area contributed by atoms with E-state index in [4.69, 9.17) is 21.2 Å². The summed E-state index contributed by atoms with van der Waals surface area (Å²) >= 11 is 0. The van der Waals surface area contributed by atoms with Gasteiger partial charge < -0.3 is 10.5 Å². The first kappa shape index (κ1) is 14.8. The molecule has 0 unspecified atom stereocenters. The molecule has 0 heterocycles. The van der Waals surface area contributed by atoms with E-state index >= 15 is 0 Å². The molecule has 0 aliphatic carbocycles. The molecule has 1 amide bonds. The van der Waals surface area contributed by atoms with Crippen LogP contribution < -0.4 is 10.5 Å². The lowest BCUT2D eigenvalue weighted by Crippen LogP contribution is -2.14. The Morgan fingerprint density at radius 1 is 1.33 bits per heavy atom. The van der Waals surface area contributed by atoms with Gasteiger partial charge in [-0.3, -0.25) is 4.79 Å². The minimum Gasteiger partial charge on any atom is -0.493 e. The van der Waals surface area contributed by atoms with Crippen molar-refractivity contribution in [1.29, 1.82) is 0 Å². The molecule has 5 nitrogen and oxygen atoms in total. The van der Waals surface area contributed by atoms with Gasteiger partial charge in [-0.15, -0.1) is 0 Å². The molecule has 0 spiro atoms. The van der Waals surface area contributed by atoms with Crippen LogP contribution in [0.5, 0.6) is 5.75 Å². The number of carbonyl (C=O) groups is 1. The molecule has 0 aromatic heterocycles. The number of aryl methyl sites for hydroxylation is 2. The van der Waals surface area contributed by atoms with E-state index in [0.717, 1.165) is 0 Å². The van der Waals surface area contributed by atoms with Crippen LogP contribution >= 0.6 is 10.7 Å². The van der Waals surface area contributed by atoms with E-state index < -0.39 is 15.0 Å². The fourth-order valence-electron chi connectivity index (χ4n) is 1.65. The van der Waals surface area contributed by atoms with E-state index in [2.05, 4.69) is 0 Å². The monoisotopic (exact) mass is 291 g/mol. The van der Waals surface area contributed by atoms with Crippen molar-refractivity contribution in [2.45, 2.75) is 25.2 Å². The topological polar surface area (TPSA) is 86.5 Å². The third-order valence-electron chi connectivity index (χ3n) is 2.29. The van der Waals surface area contributed by atoms with Crippen LogP contribution in [0.15, 0.2) is 17.0 Å². The van der Waals surface area contributed by atoms with Crippen LogP contribution in [0.25, 0.3) is 0 Å². The van der Waals surface area contributed by atoms with Gasteiger partial charge >= 0.3 is 0 Å². The molecule has 0 radical (unpaired) electrons. The molecule has 1 aromatic carbocycles. The highest BCUT2D eigenvalue weighted by Crippen LogP contribution is 2.28. The maximum absolute atomic E-state index is 11.4. The third kappa shape index (κ3) is 3.89. The molecule has 0 aliphatic rings. The summed E-state index contributed by atoms with van der Waals surface area (Å²) in [5.41, 5.74) is 5.98. The highest BCUT2D eigenvalue weighted by Gasteiger charge is 2.17. The summed E-state index contributed by atoms with van der Waals surface area (Å²) in [6.07, 6.45) is 0.105. The average Bonchev–Trinajstić information content (AvgIpc) is 2.12. The van der Waals surface area contributed by atoms with Gasteiger partial charge in [0.1, 0.15) is 5.75 Å². The molecular formula is C11H14ClNO4S. The molecule has 0 bridgehead atoms. The number of amides is 1. The molecule has 0 saturated heterocycles. The Hall–Kier alpha value is -1.27. The molecule has 100 valence electrons. The molecule has 0 fully saturated rings. The van der Waals surface area contributed by atoms with Crippen molar-refractivity contribution >= 4 is 25.6 Å². The Labute approximate surface area is 110 Å². The number of benzene rings is 1. The molecule has 0 aliphatic heterocycles. The molecule has 18 heavy (non-hydrogen) atoms. The Bertz CT molecular complexity index is 545. The minimum absolute atomic E-state index is 0.0893. The van der Waals surface area contributed by atoms with Crippen LogP contribution in [0.4, 0.5) is 0 Å². The number of nitrogens with two attached hydrogens (primary N) is 1. The lowest BCUT2D eigenvalue weighted by Gasteiger charge is -2.11. The van der Waals surface area contributed by atoms with Crippen LogP contribution in [-0.2, 0) is 13.8 Å².